The van der Waals surface area contributed by atoms with E-state index >= 15 is 0 Å². The molecule has 0 saturated heterocycles. The summed E-state index contributed by atoms with van der Waals surface area (Å²) in [6, 6.07) is 2.86. The minimum absolute atomic E-state index is 0.659. The van der Waals surface area contributed by atoms with Crippen molar-refractivity contribution in [2.24, 2.45) is 11.8 Å². The van der Waals surface area contributed by atoms with Crippen LogP contribution in [-0.2, 0) is 6.54 Å². The molecule has 1 aromatic rings. The quantitative estimate of drug-likeness (QED) is 0.875. The van der Waals surface area contributed by atoms with Gasteiger partial charge in [0.1, 0.15) is 0 Å². The summed E-state index contributed by atoms with van der Waals surface area (Å²) in [5.74, 6) is 1.81. The third-order valence-corrected chi connectivity index (χ3v) is 5.40. The molecule has 2 fully saturated rings. The Morgan fingerprint density at radius 1 is 1.14 bits per heavy atom. The van der Waals surface area contributed by atoms with Gasteiger partial charge in [-0.25, -0.2) is 0 Å². The molecular formula is C18H31N3. The highest BCUT2D eigenvalue weighted by molar-refractivity contribution is 4.99. The summed E-state index contributed by atoms with van der Waals surface area (Å²) in [4.78, 5) is 0. The monoisotopic (exact) mass is 289 g/mol. The second kappa shape index (κ2) is 7.44. The number of hydrogen-bond acceptors (Lipinski definition) is 2. The zero-order valence-corrected chi connectivity index (χ0v) is 13.6. The topological polar surface area (TPSA) is 29.9 Å². The first-order chi connectivity index (χ1) is 10.3. The lowest BCUT2D eigenvalue weighted by atomic mass is 9.82. The summed E-state index contributed by atoms with van der Waals surface area (Å²) in [6.07, 6.45) is 14.6. The van der Waals surface area contributed by atoms with Crippen LogP contribution in [0.25, 0.3) is 0 Å². The summed E-state index contributed by atoms with van der Waals surface area (Å²) in [6.45, 7) is 4.50. The lowest BCUT2D eigenvalue weighted by Crippen LogP contribution is -2.26. The Hall–Kier alpha value is -0.830. The molecule has 2 aliphatic rings. The molecule has 1 heterocycles. The maximum absolute atomic E-state index is 4.79. The zero-order chi connectivity index (χ0) is 14.5. The molecule has 0 spiro atoms. The molecule has 0 amide bonds. The molecule has 118 valence electrons. The van der Waals surface area contributed by atoms with Crippen molar-refractivity contribution in [3.63, 3.8) is 0 Å². The van der Waals surface area contributed by atoms with Crippen molar-refractivity contribution in [1.29, 1.82) is 0 Å². The highest BCUT2D eigenvalue weighted by atomic mass is 15.3. The summed E-state index contributed by atoms with van der Waals surface area (Å²) < 4.78 is 2.22. The minimum Gasteiger partial charge on any atom is -0.311 e. The Kier molecular flexibility index (Phi) is 5.34. The molecule has 1 aromatic heterocycles. The number of hydrogen-bond donors (Lipinski definition) is 1. The van der Waals surface area contributed by atoms with Crippen LogP contribution < -0.4 is 5.32 Å². The standard InChI is InChI=1S/C18H31N3/c1-15-6-5-7-16(12-15)13-19-14-17-10-11-21(20-17)18-8-3-2-4-9-18/h10-11,15-16,18-19H,2-9,12-14H2,1H3. The van der Waals surface area contributed by atoms with E-state index in [4.69, 9.17) is 5.10 Å². The molecule has 2 unspecified atom stereocenters. The Morgan fingerprint density at radius 3 is 2.81 bits per heavy atom. The molecule has 2 saturated carbocycles. The van der Waals surface area contributed by atoms with E-state index in [1.807, 2.05) is 0 Å². The van der Waals surface area contributed by atoms with Crippen molar-refractivity contribution >= 4 is 0 Å². The average Bonchev–Trinajstić information content (AvgIpc) is 2.97. The van der Waals surface area contributed by atoms with E-state index in [-0.39, 0.29) is 0 Å². The van der Waals surface area contributed by atoms with Gasteiger partial charge in [0.05, 0.1) is 11.7 Å². The van der Waals surface area contributed by atoms with Crippen LogP contribution in [0.1, 0.15) is 76.4 Å². The van der Waals surface area contributed by atoms with Gasteiger partial charge >= 0.3 is 0 Å². The van der Waals surface area contributed by atoms with E-state index in [9.17, 15) is 0 Å². The molecule has 3 heteroatoms. The Morgan fingerprint density at radius 2 is 2.00 bits per heavy atom. The lowest BCUT2D eigenvalue weighted by Gasteiger charge is -2.26. The van der Waals surface area contributed by atoms with Gasteiger partial charge in [0.2, 0.25) is 0 Å². The van der Waals surface area contributed by atoms with E-state index in [1.54, 1.807) is 0 Å². The third kappa shape index (κ3) is 4.32. The fourth-order valence-electron chi connectivity index (χ4n) is 4.17. The molecule has 0 aromatic carbocycles. The van der Waals surface area contributed by atoms with Gasteiger partial charge in [-0.3, -0.25) is 4.68 Å². The fraction of sp³-hybridized carbons (Fsp3) is 0.833. The predicted octanol–water partition coefficient (Wildman–Crippen LogP) is 4.30. The normalized spacial score (nSPS) is 27.9. The zero-order valence-electron chi connectivity index (χ0n) is 13.6. The number of nitrogens with one attached hydrogen (secondary N) is 1. The highest BCUT2D eigenvalue weighted by Crippen LogP contribution is 2.28. The average molecular weight is 289 g/mol. The molecule has 3 nitrogen and oxygen atoms in total. The van der Waals surface area contributed by atoms with Gasteiger partial charge in [-0.05, 0) is 50.1 Å². The number of aromatic nitrogens is 2. The molecule has 2 aliphatic carbocycles. The van der Waals surface area contributed by atoms with Crippen molar-refractivity contribution in [2.45, 2.75) is 77.3 Å². The number of nitrogens with zero attached hydrogens (tertiary/aromatic N) is 2. The van der Waals surface area contributed by atoms with Crippen LogP contribution in [0.15, 0.2) is 12.3 Å². The van der Waals surface area contributed by atoms with E-state index < -0.39 is 0 Å². The second-order valence-electron chi connectivity index (χ2n) is 7.35. The van der Waals surface area contributed by atoms with Crippen LogP contribution in [0.5, 0.6) is 0 Å². The van der Waals surface area contributed by atoms with Crippen LogP contribution in [0.2, 0.25) is 0 Å². The molecule has 3 rings (SSSR count). The SMILES string of the molecule is CC1CCCC(CNCc2ccn(C3CCCCC3)n2)C1. The van der Waals surface area contributed by atoms with Gasteiger partial charge in [-0.1, -0.05) is 39.0 Å². The van der Waals surface area contributed by atoms with Gasteiger partial charge < -0.3 is 5.32 Å². The van der Waals surface area contributed by atoms with E-state index in [0.29, 0.717) is 6.04 Å². The van der Waals surface area contributed by atoms with Gasteiger partial charge in [0.15, 0.2) is 0 Å². The van der Waals surface area contributed by atoms with Crippen molar-refractivity contribution in [3.8, 4) is 0 Å². The van der Waals surface area contributed by atoms with Crippen molar-refractivity contribution < 1.29 is 0 Å². The van der Waals surface area contributed by atoms with Crippen LogP contribution in [0.4, 0.5) is 0 Å². The molecule has 21 heavy (non-hydrogen) atoms. The molecule has 1 N–H and O–H groups in total. The van der Waals surface area contributed by atoms with Crippen molar-refractivity contribution in [2.75, 3.05) is 6.54 Å². The van der Waals surface area contributed by atoms with E-state index in [0.717, 1.165) is 18.4 Å². The Labute approximate surface area is 129 Å². The van der Waals surface area contributed by atoms with E-state index in [1.165, 1.54) is 70.0 Å². The van der Waals surface area contributed by atoms with Gasteiger partial charge in [-0.15, -0.1) is 0 Å². The first-order valence-electron chi connectivity index (χ1n) is 9.06. The minimum atomic E-state index is 0.659. The molecule has 2 atom stereocenters. The number of rotatable bonds is 5. The summed E-state index contributed by atoms with van der Waals surface area (Å²) in [5.41, 5.74) is 1.21. The van der Waals surface area contributed by atoms with Crippen LogP contribution in [0.3, 0.4) is 0 Å². The maximum atomic E-state index is 4.79. The van der Waals surface area contributed by atoms with Crippen LogP contribution in [0, 0.1) is 11.8 Å². The van der Waals surface area contributed by atoms with Gasteiger partial charge in [-0.2, -0.15) is 5.10 Å². The third-order valence-electron chi connectivity index (χ3n) is 5.40. The van der Waals surface area contributed by atoms with E-state index in [2.05, 4.69) is 29.2 Å². The highest BCUT2D eigenvalue weighted by Gasteiger charge is 2.19. The second-order valence-corrected chi connectivity index (χ2v) is 7.35. The maximum Gasteiger partial charge on any atom is 0.0762 e. The largest absolute Gasteiger partial charge is 0.311 e. The summed E-state index contributed by atoms with van der Waals surface area (Å²) >= 11 is 0. The predicted molar refractivity (Wildman–Crippen MR) is 87.2 cm³/mol. The van der Waals surface area contributed by atoms with Gasteiger partial charge in [0.25, 0.3) is 0 Å². The smallest absolute Gasteiger partial charge is 0.0762 e. The lowest BCUT2D eigenvalue weighted by molar-refractivity contribution is 0.273. The molecule has 0 aliphatic heterocycles. The first kappa shape index (κ1) is 15.1. The van der Waals surface area contributed by atoms with Gasteiger partial charge in [0, 0.05) is 12.7 Å². The van der Waals surface area contributed by atoms with Crippen molar-refractivity contribution in [3.05, 3.63) is 18.0 Å². The summed E-state index contributed by atoms with van der Waals surface area (Å²) in [7, 11) is 0. The molecular weight excluding hydrogens is 258 g/mol. The fourth-order valence-corrected chi connectivity index (χ4v) is 4.17. The van der Waals surface area contributed by atoms with Crippen LogP contribution in [-0.4, -0.2) is 16.3 Å². The Balaban J connectivity index is 1.42. The molecule has 0 radical (unpaired) electrons. The van der Waals surface area contributed by atoms with Crippen LogP contribution >= 0.6 is 0 Å². The first-order valence-corrected chi connectivity index (χ1v) is 9.06. The van der Waals surface area contributed by atoms with Crippen molar-refractivity contribution in [1.82, 2.24) is 15.1 Å². The molecule has 0 bridgehead atoms. The summed E-state index contributed by atoms with van der Waals surface area (Å²) in [5, 5.41) is 8.42. The Bertz CT molecular complexity index is 420.